The maximum atomic E-state index is 11.1. The van der Waals surface area contributed by atoms with E-state index < -0.39 is 6.09 Å². The van der Waals surface area contributed by atoms with Crippen LogP contribution in [-0.2, 0) is 6.42 Å². The summed E-state index contributed by atoms with van der Waals surface area (Å²) in [4.78, 5) is 11.1. The van der Waals surface area contributed by atoms with Gasteiger partial charge in [-0.25, -0.2) is 4.79 Å². The maximum absolute atomic E-state index is 11.1. The minimum absolute atomic E-state index is 0.343. The van der Waals surface area contributed by atoms with Crippen LogP contribution in [0.2, 0.25) is 0 Å². The van der Waals surface area contributed by atoms with E-state index >= 15 is 0 Å². The first-order valence-electron chi connectivity index (χ1n) is 7.36. The molecule has 1 aliphatic rings. The lowest BCUT2D eigenvalue weighted by molar-refractivity contribution is 0.142. The molecule has 1 atom stereocenters. The Labute approximate surface area is 120 Å². The van der Waals surface area contributed by atoms with Crippen LogP contribution >= 0.6 is 0 Å². The molecule has 0 bridgehead atoms. The fraction of sp³-hybridized carbons (Fsp3) is 0.562. The zero-order chi connectivity index (χ0) is 14.4. The lowest BCUT2D eigenvalue weighted by atomic mass is 9.76. The van der Waals surface area contributed by atoms with E-state index in [1.54, 1.807) is 0 Å². The summed E-state index contributed by atoms with van der Waals surface area (Å²) in [6, 6.07) is 10.3. The number of benzene rings is 1. The van der Waals surface area contributed by atoms with E-state index in [0.29, 0.717) is 5.92 Å². The molecule has 1 amide bonds. The van der Waals surface area contributed by atoms with Gasteiger partial charge >= 0.3 is 6.09 Å². The maximum Gasteiger partial charge on any atom is 0.405 e. The molecule has 1 fully saturated rings. The lowest BCUT2D eigenvalue weighted by Crippen LogP contribution is -2.54. The Kier molecular flexibility index (Phi) is 5.01. The van der Waals surface area contributed by atoms with Gasteiger partial charge < -0.3 is 15.7 Å². The van der Waals surface area contributed by atoms with Crippen molar-refractivity contribution < 1.29 is 9.90 Å². The normalized spacial score (nSPS) is 19.2. The molecule has 0 aliphatic carbocycles. The van der Waals surface area contributed by atoms with Gasteiger partial charge in [0.05, 0.1) is 0 Å². The Morgan fingerprint density at radius 1 is 1.35 bits per heavy atom. The number of amides is 1. The molecule has 0 radical (unpaired) electrons. The molecule has 0 saturated carbocycles. The number of carboxylic acid groups (broad SMARTS) is 1. The molecule has 1 saturated heterocycles. The lowest BCUT2D eigenvalue weighted by Gasteiger charge is -2.40. The van der Waals surface area contributed by atoms with Gasteiger partial charge in [0.15, 0.2) is 0 Å². The van der Waals surface area contributed by atoms with Gasteiger partial charge in [-0.1, -0.05) is 30.3 Å². The first-order valence-corrected chi connectivity index (χ1v) is 7.36. The van der Waals surface area contributed by atoms with Crippen LogP contribution in [0.15, 0.2) is 30.3 Å². The average Bonchev–Trinajstić information content (AvgIpc) is 2.47. The highest BCUT2D eigenvalue weighted by Crippen LogP contribution is 2.30. The van der Waals surface area contributed by atoms with E-state index in [9.17, 15) is 4.79 Å². The fourth-order valence-corrected chi connectivity index (χ4v) is 3.12. The molecule has 4 nitrogen and oxygen atoms in total. The predicted octanol–water partition coefficient (Wildman–Crippen LogP) is 2.65. The molecule has 2 rings (SSSR count). The third kappa shape index (κ3) is 3.97. The highest BCUT2D eigenvalue weighted by molar-refractivity contribution is 5.65. The van der Waals surface area contributed by atoms with E-state index in [1.807, 2.05) is 18.2 Å². The van der Waals surface area contributed by atoms with Crippen molar-refractivity contribution in [2.45, 2.75) is 38.1 Å². The predicted molar refractivity (Wildman–Crippen MR) is 79.9 cm³/mol. The van der Waals surface area contributed by atoms with Gasteiger partial charge in [0.2, 0.25) is 0 Å². The summed E-state index contributed by atoms with van der Waals surface area (Å²) in [6.07, 6.45) is 2.89. The molecule has 1 heterocycles. The van der Waals surface area contributed by atoms with E-state index in [2.05, 4.69) is 29.7 Å². The van der Waals surface area contributed by atoms with Crippen LogP contribution in [0.4, 0.5) is 4.79 Å². The van der Waals surface area contributed by atoms with Gasteiger partial charge in [0.1, 0.15) is 0 Å². The Morgan fingerprint density at radius 3 is 2.60 bits per heavy atom. The van der Waals surface area contributed by atoms with Crippen LogP contribution < -0.4 is 10.6 Å². The second-order valence-corrected chi connectivity index (χ2v) is 5.86. The molecule has 1 aromatic rings. The Morgan fingerprint density at radius 2 is 2.00 bits per heavy atom. The van der Waals surface area contributed by atoms with Crippen molar-refractivity contribution in [1.82, 2.24) is 10.6 Å². The van der Waals surface area contributed by atoms with Crippen molar-refractivity contribution in [2.75, 3.05) is 13.1 Å². The number of rotatable bonds is 5. The first-order chi connectivity index (χ1) is 9.60. The molecular formula is C16H24N2O2. The highest BCUT2D eigenvalue weighted by atomic mass is 16.4. The summed E-state index contributed by atoms with van der Waals surface area (Å²) < 4.78 is 0. The van der Waals surface area contributed by atoms with Gasteiger partial charge in [-0.3, -0.25) is 0 Å². The Balaban J connectivity index is 2.03. The van der Waals surface area contributed by atoms with E-state index in [0.717, 1.165) is 38.8 Å². The van der Waals surface area contributed by atoms with Crippen molar-refractivity contribution in [2.24, 2.45) is 5.92 Å². The number of nitrogens with one attached hydrogen (secondary N) is 2. The van der Waals surface area contributed by atoms with E-state index in [-0.39, 0.29) is 5.54 Å². The Hall–Kier alpha value is -1.55. The zero-order valence-electron chi connectivity index (χ0n) is 12.1. The van der Waals surface area contributed by atoms with Crippen LogP contribution in [0.3, 0.4) is 0 Å². The number of hydrogen-bond acceptors (Lipinski definition) is 2. The summed E-state index contributed by atoms with van der Waals surface area (Å²) in [5.74, 6) is 0.406. The molecule has 20 heavy (non-hydrogen) atoms. The first kappa shape index (κ1) is 14.9. The number of aryl methyl sites for hydroxylation is 1. The number of hydrogen-bond donors (Lipinski definition) is 3. The molecule has 3 N–H and O–H groups in total. The minimum atomic E-state index is -0.918. The van der Waals surface area contributed by atoms with Crippen LogP contribution in [0.5, 0.6) is 0 Å². The minimum Gasteiger partial charge on any atom is -0.465 e. The number of piperidine rings is 1. The molecule has 1 aromatic carbocycles. The van der Waals surface area contributed by atoms with E-state index in [1.165, 1.54) is 5.56 Å². The van der Waals surface area contributed by atoms with Crippen molar-refractivity contribution >= 4 is 6.09 Å². The van der Waals surface area contributed by atoms with Gasteiger partial charge in [-0.05, 0) is 57.2 Å². The average molecular weight is 276 g/mol. The second-order valence-electron chi connectivity index (χ2n) is 5.86. The number of carbonyl (C=O) groups is 1. The van der Waals surface area contributed by atoms with Crippen molar-refractivity contribution in [3.05, 3.63) is 35.9 Å². The van der Waals surface area contributed by atoms with Crippen molar-refractivity contribution in [3.8, 4) is 0 Å². The molecule has 1 unspecified atom stereocenters. The molecular weight excluding hydrogens is 252 g/mol. The third-order valence-electron chi connectivity index (χ3n) is 4.41. The third-order valence-corrected chi connectivity index (χ3v) is 4.41. The zero-order valence-corrected chi connectivity index (χ0v) is 12.1. The molecule has 0 spiro atoms. The summed E-state index contributed by atoms with van der Waals surface area (Å²) >= 11 is 0. The Bertz CT molecular complexity index is 429. The smallest absolute Gasteiger partial charge is 0.405 e. The standard InChI is InChI=1S/C16H24N2O2/c1-16(18-15(19)20,14-8-11-17-12-9-14)10-7-13-5-3-2-4-6-13/h2-6,14,17-18H,7-12H2,1H3,(H,19,20). The molecule has 110 valence electrons. The summed E-state index contributed by atoms with van der Waals surface area (Å²) in [5.41, 5.74) is 0.920. The summed E-state index contributed by atoms with van der Waals surface area (Å²) in [7, 11) is 0. The molecule has 0 aromatic heterocycles. The van der Waals surface area contributed by atoms with Gasteiger partial charge in [0.25, 0.3) is 0 Å². The topological polar surface area (TPSA) is 61.4 Å². The highest BCUT2D eigenvalue weighted by Gasteiger charge is 2.35. The van der Waals surface area contributed by atoms with Gasteiger partial charge in [-0.2, -0.15) is 0 Å². The second kappa shape index (κ2) is 6.75. The van der Waals surface area contributed by atoms with Crippen molar-refractivity contribution in [1.29, 1.82) is 0 Å². The van der Waals surface area contributed by atoms with Crippen LogP contribution in [-0.4, -0.2) is 29.8 Å². The van der Waals surface area contributed by atoms with Gasteiger partial charge in [-0.15, -0.1) is 0 Å². The van der Waals surface area contributed by atoms with Crippen LogP contribution in [0.1, 0.15) is 31.7 Å². The molecule has 4 heteroatoms. The van der Waals surface area contributed by atoms with E-state index in [4.69, 9.17) is 5.11 Å². The summed E-state index contributed by atoms with van der Waals surface area (Å²) in [6.45, 7) is 4.01. The summed E-state index contributed by atoms with van der Waals surface area (Å²) in [5, 5.41) is 15.3. The monoisotopic (exact) mass is 276 g/mol. The van der Waals surface area contributed by atoms with Crippen LogP contribution in [0.25, 0.3) is 0 Å². The molecule has 1 aliphatic heterocycles. The quantitative estimate of drug-likeness (QED) is 0.775. The van der Waals surface area contributed by atoms with Gasteiger partial charge in [0, 0.05) is 5.54 Å². The largest absolute Gasteiger partial charge is 0.465 e. The van der Waals surface area contributed by atoms with Crippen molar-refractivity contribution in [3.63, 3.8) is 0 Å². The fourth-order valence-electron chi connectivity index (χ4n) is 3.12. The van der Waals surface area contributed by atoms with Crippen LogP contribution in [0, 0.1) is 5.92 Å². The SMILES string of the molecule is CC(CCc1ccccc1)(NC(=O)O)C1CCNCC1.